The predicted octanol–water partition coefficient (Wildman–Crippen LogP) is 2.55. The van der Waals surface area contributed by atoms with E-state index >= 15 is 0 Å². The summed E-state index contributed by atoms with van der Waals surface area (Å²) >= 11 is 0. The second kappa shape index (κ2) is 9.20. The van der Waals surface area contributed by atoms with E-state index in [1.165, 1.54) is 37.8 Å². The van der Waals surface area contributed by atoms with Gasteiger partial charge in [0.1, 0.15) is 0 Å². The minimum Gasteiger partial charge on any atom is -0.317 e. The van der Waals surface area contributed by atoms with Gasteiger partial charge in [-0.15, -0.1) is 0 Å². The second-order valence-corrected chi connectivity index (χ2v) is 4.85. The quantitative estimate of drug-likeness (QED) is 0.661. The summed E-state index contributed by atoms with van der Waals surface area (Å²) in [6.45, 7) is 3.47. The lowest BCUT2D eigenvalue weighted by molar-refractivity contribution is 0.394. The molecule has 0 saturated heterocycles. The van der Waals surface area contributed by atoms with Gasteiger partial charge in [-0.05, 0) is 65.0 Å². The van der Waals surface area contributed by atoms with Crippen molar-refractivity contribution < 1.29 is 0 Å². The molecular weight excluding hydrogens is 208 g/mol. The van der Waals surface area contributed by atoms with Gasteiger partial charge in [0.15, 0.2) is 0 Å². The van der Waals surface area contributed by atoms with Crippen molar-refractivity contribution in [3.63, 3.8) is 0 Å². The van der Waals surface area contributed by atoms with Crippen LogP contribution in [0.4, 0.5) is 0 Å². The standard InChI is InChI=1S/C15H26N2/c1-17(2)14-8-13-16-12-7-6-11-15-9-4-3-5-10-15/h3-5,9-10,16H,6-8,11-14H2,1-2H3. The summed E-state index contributed by atoms with van der Waals surface area (Å²) in [6.07, 6.45) is 5.01. The van der Waals surface area contributed by atoms with Crippen molar-refractivity contribution in [2.75, 3.05) is 33.7 Å². The van der Waals surface area contributed by atoms with Gasteiger partial charge in [0.2, 0.25) is 0 Å². The lowest BCUT2D eigenvalue weighted by Crippen LogP contribution is -2.22. The summed E-state index contributed by atoms with van der Waals surface area (Å²) in [7, 11) is 4.25. The van der Waals surface area contributed by atoms with Gasteiger partial charge >= 0.3 is 0 Å². The lowest BCUT2D eigenvalue weighted by atomic mass is 10.1. The largest absolute Gasteiger partial charge is 0.317 e. The molecule has 0 aromatic heterocycles. The Hall–Kier alpha value is -0.860. The van der Waals surface area contributed by atoms with Crippen molar-refractivity contribution in [2.24, 2.45) is 0 Å². The van der Waals surface area contributed by atoms with E-state index in [2.05, 4.69) is 54.6 Å². The molecule has 0 bridgehead atoms. The first-order chi connectivity index (χ1) is 8.29. The van der Waals surface area contributed by atoms with Gasteiger partial charge in [0.05, 0.1) is 0 Å². The topological polar surface area (TPSA) is 15.3 Å². The first kappa shape index (κ1) is 14.2. The Labute approximate surface area is 106 Å². The second-order valence-electron chi connectivity index (χ2n) is 4.85. The number of rotatable bonds is 9. The molecule has 1 rings (SSSR count). The number of benzene rings is 1. The summed E-state index contributed by atoms with van der Waals surface area (Å²) in [6, 6.07) is 10.7. The third kappa shape index (κ3) is 7.94. The van der Waals surface area contributed by atoms with Crippen LogP contribution < -0.4 is 5.32 Å². The van der Waals surface area contributed by atoms with Crippen LogP contribution in [-0.4, -0.2) is 38.6 Å². The van der Waals surface area contributed by atoms with Crippen LogP contribution in [0, 0.1) is 0 Å². The highest BCUT2D eigenvalue weighted by Gasteiger charge is 1.93. The third-order valence-electron chi connectivity index (χ3n) is 2.87. The molecule has 96 valence electrons. The van der Waals surface area contributed by atoms with E-state index in [1.807, 2.05) is 0 Å². The fraction of sp³-hybridized carbons (Fsp3) is 0.600. The smallest absolute Gasteiger partial charge is 0.00127 e. The van der Waals surface area contributed by atoms with Crippen molar-refractivity contribution in [1.29, 1.82) is 0 Å². The van der Waals surface area contributed by atoms with Gasteiger partial charge in [-0.3, -0.25) is 0 Å². The molecular formula is C15H26N2. The molecule has 1 aromatic carbocycles. The Balaban J connectivity index is 1.88. The maximum absolute atomic E-state index is 3.50. The summed E-state index contributed by atoms with van der Waals surface area (Å²) in [5.74, 6) is 0. The molecule has 0 amide bonds. The number of hydrogen-bond donors (Lipinski definition) is 1. The van der Waals surface area contributed by atoms with Gasteiger partial charge in [0, 0.05) is 0 Å². The average Bonchev–Trinajstić information content (AvgIpc) is 2.33. The third-order valence-corrected chi connectivity index (χ3v) is 2.87. The minimum atomic E-state index is 1.14. The molecule has 0 saturated carbocycles. The van der Waals surface area contributed by atoms with E-state index in [0.717, 1.165) is 13.1 Å². The highest BCUT2D eigenvalue weighted by Crippen LogP contribution is 2.03. The number of unbranched alkanes of at least 4 members (excludes halogenated alkanes) is 1. The highest BCUT2D eigenvalue weighted by atomic mass is 15.0. The average molecular weight is 234 g/mol. The summed E-state index contributed by atoms with van der Waals surface area (Å²) < 4.78 is 0. The fourth-order valence-electron chi connectivity index (χ4n) is 1.87. The molecule has 2 heteroatoms. The van der Waals surface area contributed by atoms with Crippen LogP contribution in [0.25, 0.3) is 0 Å². The molecule has 0 radical (unpaired) electrons. The van der Waals surface area contributed by atoms with E-state index in [1.54, 1.807) is 0 Å². The summed E-state index contributed by atoms with van der Waals surface area (Å²) in [5.41, 5.74) is 1.46. The zero-order chi connectivity index (χ0) is 12.3. The molecule has 0 fully saturated rings. The maximum atomic E-state index is 3.50. The minimum absolute atomic E-state index is 1.14. The van der Waals surface area contributed by atoms with Crippen LogP contribution in [0.3, 0.4) is 0 Å². The number of aryl methyl sites for hydroxylation is 1. The van der Waals surface area contributed by atoms with E-state index in [4.69, 9.17) is 0 Å². The normalized spacial score (nSPS) is 11.0. The van der Waals surface area contributed by atoms with Crippen molar-refractivity contribution in [3.05, 3.63) is 35.9 Å². The molecule has 0 aliphatic carbocycles. The molecule has 1 aromatic rings. The van der Waals surface area contributed by atoms with E-state index in [0.29, 0.717) is 0 Å². The predicted molar refractivity (Wildman–Crippen MR) is 75.4 cm³/mol. The molecule has 0 spiro atoms. The number of nitrogens with zero attached hydrogens (tertiary/aromatic N) is 1. The van der Waals surface area contributed by atoms with Gasteiger partial charge in [0.25, 0.3) is 0 Å². The van der Waals surface area contributed by atoms with Crippen molar-refractivity contribution in [2.45, 2.75) is 25.7 Å². The van der Waals surface area contributed by atoms with Crippen LogP contribution in [0.1, 0.15) is 24.8 Å². The van der Waals surface area contributed by atoms with Crippen LogP contribution in [0.15, 0.2) is 30.3 Å². The molecule has 2 nitrogen and oxygen atoms in total. The van der Waals surface area contributed by atoms with Gasteiger partial charge in [-0.2, -0.15) is 0 Å². The molecule has 0 unspecified atom stereocenters. The fourth-order valence-corrected chi connectivity index (χ4v) is 1.87. The van der Waals surface area contributed by atoms with Crippen LogP contribution in [-0.2, 0) is 6.42 Å². The van der Waals surface area contributed by atoms with Gasteiger partial charge < -0.3 is 10.2 Å². The van der Waals surface area contributed by atoms with Gasteiger partial charge in [-0.1, -0.05) is 30.3 Å². The first-order valence-electron chi connectivity index (χ1n) is 6.68. The zero-order valence-electron chi connectivity index (χ0n) is 11.3. The van der Waals surface area contributed by atoms with Crippen LogP contribution in [0.5, 0.6) is 0 Å². The van der Waals surface area contributed by atoms with E-state index in [-0.39, 0.29) is 0 Å². The Kier molecular flexibility index (Phi) is 7.69. The number of nitrogens with one attached hydrogen (secondary N) is 1. The molecule has 0 atom stereocenters. The lowest BCUT2D eigenvalue weighted by Gasteiger charge is -2.09. The van der Waals surface area contributed by atoms with Crippen molar-refractivity contribution >= 4 is 0 Å². The number of hydrogen-bond acceptors (Lipinski definition) is 2. The monoisotopic (exact) mass is 234 g/mol. The summed E-state index contributed by atoms with van der Waals surface area (Å²) in [5, 5.41) is 3.50. The van der Waals surface area contributed by atoms with Crippen LogP contribution >= 0.6 is 0 Å². The molecule has 0 aliphatic heterocycles. The molecule has 1 N–H and O–H groups in total. The zero-order valence-corrected chi connectivity index (χ0v) is 11.3. The summed E-state index contributed by atoms with van der Waals surface area (Å²) in [4.78, 5) is 2.23. The Morgan fingerprint density at radius 2 is 1.65 bits per heavy atom. The van der Waals surface area contributed by atoms with Crippen molar-refractivity contribution in [3.8, 4) is 0 Å². The van der Waals surface area contributed by atoms with Crippen LogP contribution in [0.2, 0.25) is 0 Å². The SMILES string of the molecule is CN(C)CCCNCCCCc1ccccc1. The maximum Gasteiger partial charge on any atom is -0.00127 e. The molecule has 0 heterocycles. The first-order valence-corrected chi connectivity index (χ1v) is 6.68. The Morgan fingerprint density at radius 3 is 2.35 bits per heavy atom. The van der Waals surface area contributed by atoms with Crippen molar-refractivity contribution in [1.82, 2.24) is 10.2 Å². The van der Waals surface area contributed by atoms with E-state index in [9.17, 15) is 0 Å². The van der Waals surface area contributed by atoms with E-state index < -0.39 is 0 Å². The Bertz CT molecular complexity index is 270. The highest BCUT2D eigenvalue weighted by molar-refractivity contribution is 5.14. The molecule has 17 heavy (non-hydrogen) atoms. The Morgan fingerprint density at radius 1 is 0.941 bits per heavy atom. The van der Waals surface area contributed by atoms with Gasteiger partial charge in [-0.25, -0.2) is 0 Å². The molecule has 0 aliphatic rings.